The van der Waals surface area contributed by atoms with Crippen molar-refractivity contribution in [2.45, 2.75) is 19.8 Å². The van der Waals surface area contributed by atoms with Gasteiger partial charge in [-0.25, -0.2) is 0 Å². The molecule has 0 aliphatic heterocycles. The molecular formula is C8H12. The smallest absolute Gasteiger partial charge is 0.0146 e. The molecule has 0 radical (unpaired) electrons. The Labute approximate surface area is 50.6 Å². The molecule has 3 atom stereocenters. The summed E-state index contributed by atoms with van der Waals surface area (Å²) in [5.41, 5.74) is 1.53. The fourth-order valence-electron chi connectivity index (χ4n) is 2.18. The fourth-order valence-corrected chi connectivity index (χ4v) is 2.18. The Morgan fingerprint density at radius 1 is 1.62 bits per heavy atom. The maximum absolute atomic E-state index is 4.03. The molecule has 0 spiro atoms. The lowest BCUT2D eigenvalue weighted by Gasteiger charge is -1.95. The minimum atomic E-state index is 0.954. The molecule has 2 rings (SSSR count). The molecule has 2 aliphatic carbocycles. The predicted octanol–water partition coefficient (Wildman–Crippen LogP) is 2.22. The number of rotatable bonds is 0. The van der Waals surface area contributed by atoms with Crippen molar-refractivity contribution >= 4 is 0 Å². The molecule has 3 unspecified atom stereocenters. The molecule has 2 aliphatic rings. The van der Waals surface area contributed by atoms with E-state index in [4.69, 9.17) is 0 Å². The zero-order valence-electron chi connectivity index (χ0n) is 5.35. The molecule has 0 amide bonds. The molecule has 0 bridgehead atoms. The summed E-state index contributed by atoms with van der Waals surface area (Å²) < 4.78 is 0. The van der Waals surface area contributed by atoms with Crippen molar-refractivity contribution in [2.75, 3.05) is 0 Å². The van der Waals surface area contributed by atoms with E-state index in [1.165, 1.54) is 18.4 Å². The van der Waals surface area contributed by atoms with Crippen LogP contribution in [0.5, 0.6) is 0 Å². The first-order valence-electron chi connectivity index (χ1n) is 3.48. The first-order valence-corrected chi connectivity index (χ1v) is 3.48. The van der Waals surface area contributed by atoms with Crippen molar-refractivity contribution in [3.63, 3.8) is 0 Å². The normalized spacial score (nSPS) is 51.6. The van der Waals surface area contributed by atoms with E-state index >= 15 is 0 Å². The van der Waals surface area contributed by atoms with Gasteiger partial charge in [0.15, 0.2) is 0 Å². The van der Waals surface area contributed by atoms with Gasteiger partial charge in [-0.1, -0.05) is 19.1 Å². The molecule has 2 fully saturated rings. The van der Waals surface area contributed by atoms with Gasteiger partial charge in [0, 0.05) is 0 Å². The molecule has 2 saturated carbocycles. The van der Waals surface area contributed by atoms with Gasteiger partial charge in [-0.2, -0.15) is 0 Å². The first kappa shape index (κ1) is 4.60. The molecule has 0 heterocycles. The van der Waals surface area contributed by atoms with Crippen molar-refractivity contribution in [3.05, 3.63) is 12.2 Å². The van der Waals surface area contributed by atoms with Crippen molar-refractivity contribution in [3.8, 4) is 0 Å². The van der Waals surface area contributed by atoms with Crippen LogP contribution in [0.15, 0.2) is 12.2 Å². The summed E-state index contributed by atoms with van der Waals surface area (Å²) in [4.78, 5) is 0. The van der Waals surface area contributed by atoms with Crippen LogP contribution in [-0.4, -0.2) is 0 Å². The van der Waals surface area contributed by atoms with Crippen LogP contribution >= 0.6 is 0 Å². The van der Waals surface area contributed by atoms with E-state index in [9.17, 15) is 0 Å². The Bertz CT molecular complexity index is 135. The molecule has 0 aromatic heterocycles. The van der Waals surface area contributed by atoms with Crippen molar-refractivity contribution in [1.29, 1.82) is 0 Å². The van der Waals surface area contributed by atoms with Gasteiger partial charge in [0.05, 0.1) is 0 Å². The number of hydrogen-bond acceptors (Lipinski definition) is 0. The Hall–Kier alpha value is -0.260. The lowest BCUT2D eigenvalue weighted by Crippen LogP contribution is -1.81. The third-order valence-corrected chi connectivity index (χ3v) is 2.83. The van der Waals surface area contributed by atoms with E-state index in [1.807, 2.05) is 0 Å². The van der Waals surface area contributed by atoms with E-state index in [0.717, 1.165) is 17.8 Å². The van der Waals surface area contributed by atoms with Gasteiger partial charge in [0.1, 0.15) is 0 Å². The van der Waals surface area contributed by atoms with Crippen molar-refractivity contribution < 1.29 is 0 Å². The average Bonchev–Trinajstić information content (AvgIpc) is 2.13. The van der Waals surface area contributed by atoms with Crippen molar-refractivity contribution in [2.24, 2.45) is 17.8 Å². The summed E-state index contributed by atoms with van der Waals surface area (Å²) in [6, 6.07) is 0. The van der Waals surface area contributed by atoms with Gasteiger partial charge in [0.25, 0.3) is 0 Å². The number of fused-ring (bicyclic) bond motifs is 1. The number of hydrogen-bond donors (Lipinski definition) is 0. The molecular weight excluding hydrogens is 96.1 g/mol. The van der Waals surface area contributed by atoms with Gasteiger partial charge in [-0.15, -0.1) is 0 Å². The summed E-state index contributed by atoms with van der Waals surface area (Å²) in [6.07, 6.45) is 2.75. The largest absolute Gasteiger partial charge is 0.0996 e. The summed E-state index contributed by atoms with van der Waals surface area (Å²) >= 11 is 0. The van der Waals surface area contributed by atoms with Crippen LogP contribution < -0.4 is 0 Å². The molecule has 0 heteroatoms. The van der Waals surface area contributed by atoms with E-state index in [0.29, 0.717) is 0 Å². The molecule has 0 aromatic carbocycles. The highest BCUT2D eigenvalue weighted by Crippen LogP contribution is 2.59. The maximum Gasteiger partial charge on any atom is -0.0146 e. The van der Waals surface area contributed by atoms with Crippen LogP contribution in [0.4, 0.5) is 0 Å². The zero-order valence-corrected chi connectivity index (χ0v) is 5.35. The lowest BCUT2D eigenvalue weighted by atomic mass is 10.1. The van der Waals surface area contributed by atoms with Crippen LogP contribution in [-0.2, 0) is 0 Å². The minimum Gasteiger partial charge on any atom is -0.0996 e. The van der Waals surface area contributed by atoms with Gasteiger partial charge >= 0.3 is 0 Å². The second kappa shape index (κ2) is 1.18. The summed E-state index contributed by atoms with van der Waals surface area (Å²) in [6.45, 7) is 6.37. The molecule has 0 saturated heterocycles. The van der Waals surface area contributed by atoms with Gasteiger partial charge in [-0.3, -0.25) is 0 Å². The predicted molar refractivity (Wildman–Crippen MR) is 34.5 cm³/mol. The van der Waals surface area contributed by atoms with Crippen LogP contribution in [0.1, 0.15) is 19.8 Å². The third-order valence-electron chi connectivity index (χ3n) is 2.83. The molecule has 0 nitrogen and oxygen atoms in total. The Balaban J connectivity index is 2.18. The molecule has 8 heavy (non-hydrogen) atoms. The average molecular weight is 108 g/mol. The molecule has 0 N–H and O–H groups in total. The molecule has 0 aromatic rings. The van der Waals surface area contributed by atoms with Crippen molar-refractivity contribution in [1.82, 2.24) is 0 Å². The second-order valence-corrected chi connectivity index (χ2v) is 3.25. The molecule has 44 valence electrons. The van der Waals surface area contributed by atoms with Gasteiger partial charge in [0.2, 0.25) is 0 Å². The first-order chi connectivity index (χ1) is 3.80. The van der Waals surface area contributed by atoms with Crippen LogP contribution in [0.2, 0.25) is 0 Å². The zero-order chi connectivity index (χ0) is 5.72. The highest BCUT2D eigenvalue weighted by Gasteiger charge is 2.51. The van der Waals surface area contributed by atoms with E-state index in [1.54, 1.807) is 0 Å². The lowest BCUT2D eigenvalue weighted by molar-refractivity contribution is 0.689. The summed E-state index contributed by atoms with van der Waals surface area (Å²) in [5.74, 6) is 3.01. The third kappa shape index (κ3) is 0.367. The van der Waals surface area contributed by atoms with Crippen LogP contribution in [0.25, 0.3) is 0 Å². The Morgan fingerprint density at radius 3 is 2.62 bits per heavy atom. The fraction of sp³-hybridized carbons (Fsp3) is 0.750. The maximum atomic E-state index is 4.03. The standard InChI is InChI=1S/C8H12/c1-5-3-4-7-6(2)8(5)7/h6-8H,1,3-4H2,2H3. The Kier molecular flexibility index (Phi) is 0.677. The van der Waals surface area contributed by atoms with Gasteiger partial charge < -0.3 is 0 Å². The highest BCUT2D eigenvalue weighted by molar-refractivity contribution is 5.21. The van der Waals surface area contributed by atoms with E-state index in [-0.39, 0.29) is 0 Å². The summed E-state index contributed by atoms with van der Waals surface area (Å²) in [5, 5.41) is 0. The monoisotopic (exact) mass is 108 g/mol. The quantitative estimate of drug-likeness (QED) is 0.417. The minimum absolute atomic E-state index is 0.954. The van der Waals surface area contributed by atoms with Crippen LogP contribution in [0.3, 0.4) is 0 Å². The topological polar surface area (TPSA) is 0 Å². The number of allylic oxidation sites excluding steroid dienone is 1. The van der Waals surface area contributed by atoms with Gasteiger partial charge in [-0.05, 0) is 30.6 Å². The second-order valence-electron chi connectivity index (χ2n) is 3.25. The SMILES string of the molecule is C=C1CCC2C(C)C12. The van der Waals surface area contributed by atoms with E-state index < -0.39 is 0 Å². The highest BCUT2D eigenvalue weighted by atomic mass is 14.6. The van der Waals surface area contributed by atoms with Crippen LogP contribution in [0, 0.1) is 17.8 Å². The Morgan fingerprint density at radius 2 is 2.38 bits per heavy atom. The summed E-state index contributed by atoms with van der Waals surface area (Å²) in [7, 11) is 0. The van der Waals surface area contributed by atoms with E-state index in [2.05, 4.69) is 13.5 Å².